The van der Waals surface area contributed by atoms with Crippen LogP contribution in [0.4, 0.5) is 11.4 Å². The molecule has 1 saturated heterocycles. The maximum atomic E-state index is 12.9. The fourth-order valence-corrected chi connectivity index (χ4v) is 5.10. The van der Waals surface area contributed by atoms with Crippen LogP contribution in [0.2, 0.25) is 0 Å². The molecule has 4 rings (SSSR count). The molecule has 7 nitrogen and oxygen atoms in total. The highest BCUT2D eigenvalue weighted by Crippen LogP contribution is 2.37. The predicted molar refractivity (Wildman–Crippen MR) is 103 cm³/mol. The van der Waals surface area contributed by atoms with E-state index in [1.165, 1.54) is 6.07 Å². The number of hydrogen-bond acceptors (Lipinski definition) is 5. The number of nitrogens with zero attached hydrogens (tertiary/aromatic N) is 1. The number of carbonyl (C=O) groups excluding carboxylic acids is 1. The lowest BCUT2D eigenvalue weighted by Gasteiger charge is -2.32. The van der Waals surface area contributed by atoms with Crippen LogP contribution >= 0.6 is 0 Å². The summed E-state index contributed by atoms with van der Waals surface area (Å²) in [5.41, 5.74) is 1.67. The molecule has 2 unspecified atom stereocenters. The summed E-state index contributed by atoms with van der Waals surface area (Å²) in [6.07, 6.45) is 0.413. The molecule has 0 radical (unpaired) electrons. The molecule has 0 aliphatic carbocycles. The molecule has 142 valence electrons. The van der Waals surface area contributed by atoms with Gasteiger partial charge in [-0.05, 0) is 37.6 Å². The zero-order chi connectivity index (χ0) is 19.0. The van der Waals surface area contributed by atoms with Crippen molar-refractivity contribution in [1.29, 1.82) is 0 Å². The summed E-state index contributed by atoms with van der Waals surface area (Å²) in [4.78, 5) is 14.5. The zero-order valence-corrected chi connectivity index (χ0v) is 15.7. The van der Waals surface area contributed by atoms with Crippen molar-refractivity contribution in [1.82, 2.24) is 4.72 Å². The van der Waals surface area contributed by atoms with Gasteiger partial charge in [0, 0.05) is 12.6 Å². The Bertz CT molecular complexity index is 976. The second-order valence-electron chi connectivity index (χ2n) is 6.61. The van der Waals surface area contributed by atoms with E-state index in [0.717, 1.165) is 11.4 Å². The average molecular weight is 387 g/mol. The molecule has 1 amide bonds. The zero-order valence-electron chi connectivity index (χ0n) is 14.9. The van der Waals surface area contributed by atoms with Gasteiger partial charge >= 0.3 is 0 Å². The average Bonchev–Trinajstić information content (AvgIpc) is 3.06. The van der Waals surface area contributed by atoms with E-state index >= 15 is 0 Å². The molecule has 2 N–H and O–H groups in total. The molecule has 0 spiro atoms. The molecule has 0 bridgehead atoms. The number of sulfonamides is 1. The third-order valence-corrected chi connectivity index (χ3v) is 6.40. The van der Waals surface area contributed by atoms with Crippen molar-refractivity contribution in [2.75, 3.05) is 23.4 Å². The highest BCUT2D eigenvalue weighted by molar-refractivity contribution is 7.89. The van der Waals surface area contributed by atoms with Gasteiger partial charge in [0.2, 0.25) is 15.9 Å². The molecule has 0 saturated carbocycles. The van der Waals surface area contributed by atoms with E-state index in [2.05, 4.69) is 10.0 Å². The van der Waals surface area contributed by atoms with E-state index in [4.69, 9.17) is 4.74 Å². The standard InChI is InChI=1S/C19H21N3O4S/c1-2-26-17-9-5-6-10-18(17)27(24,25)21-13-11-16-19(23)20-14-7-3-4-8-15(14)22(16)12-13/h3-10,13,16,21H,2,11-12H2,1H3,(H,20,23). The molecule has 2 aromatic rings. The van der Waals surface area contributed by atoms with Gasteiger partial charge < -0.3 is 15.0 Å². The van der Waals surface area contributed by atoms with Crippen LogP contribution in [0.15, 0.2) is 53.4 Å². The first kappa shape index (κ1) is 17.8. The number of anilines is 2. The minimum Gasteiger partial charge on any atom is -0.492 e. The van der Waals surface area contributed by atoms with Crippen LogP contribution in [0.3, 0.4) is 0 Å². The lowest BCUT2D eigenvalue weighted by atomic mass is 10.1. The molecule has 0 aromatic heterocycles. The van der Waals surface area contributed by atoms with E-state index in [1.807, 2.05) is 36.1 Å². The van der Waals surface area contributed by atoms with Crippen LogP contribution < -0.4 is 19.7 Å². The van der Waals surface area contributed by atoms with Gasteiger partial charge in [-0.25, -0.2) is 13.1 Å². The Morgan fingerprint density at radius 2 is 1.93 bits per heavy atom. The third-order valence-electron chi connectivity index (χ3n) is 4.84. The quantitative estimate of drug-likeness (QED) is 0.819. The summed E-state index contributed by atoms with van der Waals surface area (Å²) in [5, 5.41) is 2.89. The van der Waals surface area contributed by atoms with E-state index in [1.54, 1.807) is 18.2 Å². The van der Waals surface area contributed by atoms with Crippen LogP contribution in [0, 0.1) is 0 Å². The summed E-state index contributed by atoms with van der Waals surface area (Å²) in [6, 6.07) is 13.4. The number of hydrogen-bond donors (Lipinski definition) is 2. The SMILES string of the molecule is CCOc1ccccc1S(=O)(=O)NC1CC2C(=O)Nc3ccccc3N2C1. The number of benzene rings is 2. The first-order valence-electron chi connectivity index (χ1n) is 8.90. The first-order chi connectivity index (χ1) is 13.0. The van der Waals surface area contributed by atoms with Crippen LogP contribution in [-0.4, -0.2) is 39.6 Å². The Hall–Kier alpha value is -2.58. The predicted octanol–water partition coefficient (Wildman–Crippen LogP) is 1.96. The number of nitrogens with one attached hydrogen (secondary N) is 2. The summed E-state index contributed by atoms with van der Waals surface area (Å²) < 4.78 is 34.0. The lowest BCUT2D eigenvalue weighted by Crippen LogP contribution is -2.44. The maximum absolute atomic E-state index is 12.9. The van der Waals surface area contributed by atoms with Gasteiger partial charge in [0.15, 0.2) is 0 Å². The monoisotopic (exact) mass is 387 g/mol. The number of fused-ring (bicyclic) bond motifs is 3. The highest BCUT2D eigenvalue weighted by Gasteiger charge is 2.42. The van der Waals surface area contributed by atoms with Gasteiger partial charge in [-0.3, -0.25) is 4.79 Å². The molecule has 2 aromatic carbocycles. The minimum atomic E-state index is -3.77. The molecular weight excluding hydrogens is 366 g/mol. The van der Waals surface area contributed by atoms with Gasteiger partial charge in [-0.2, -0.15) is 0 Å². The van der Waals surface area contributed by atoms with Crippen molar-refractivity contribution in [3.05, 3.63) is 48.5 Å². The van der Waals surface area contributed by atoms with Gasteiger partial charge in [-0.15, -0.1) is 0 Å². The minimum absolute atomic E-state index is 0.106. The topological polar surface area (TPSA) is 87.7 Å². The normalized spacial score (nSPS) is 21.4. The summed E-state index contributed by atoms with van der Waals surface area (Å²) in [7, 11) is -3.77. The third kappa shape index (κ3) is 3.26. The fourth-order valence-electron chi connectivity index (χ4n) is 3.71. The molecule has 8 heteroatoms. The number of amides is 1. The van der Waals surface area contributed by atoms with E-state index in [9.17, 15) is 13.2 Å². The summed E-state index contributed by atoms with van der Waals surface area (Å²) >= 11 is 0. The summed E-state index contributed by atoms with van der Waals surface area (Å²) in [6.45, 7) is 2.62. The van der Waals surface area contributed by atoms with E-state index in [0.29, 0.717) is 25.3 Å². The van der Waals surface area contributed by atoms with Crippen LogP contribution in [0.1, 0.15) is 13.3 Å². The fraction of sp³-hybridized carbons (Fsp3) is 0.316. The van der Waals surface area contributed by atoms with Crippen molar-refractivity contribution in [3.63, 3.8) is 0 Å². The Balaban J connectivity index is 1.58. The molecule has 1 fully saturated rings. The Kier molecular flexibility index (Phi) is 4.53. The van der Waals surface area contributed by atoms with Gasteiger partial charge in [0.1, 0.15) is 16.7 Å². The second-order valence-corrected chi connectivity index (χ2v) is 8.29. The van der Waals surface area contributed by atoms with Crippen molar-refractivity contribution in [3.8, 4) is 5.75 Å². The number of rotatable bonds is 5. The maximum Gasteiger partial charge on any atom is 0.247 e. The van der Waals surface area contributed by atoms with Gasteiger partial charge in [0.25, 0.3) is 0 Å². The Labute approximate surface area is 158 Å². The molecule has 2 heterocycles. The van der Waals surface area contributed by atoms with Crippen LogP contribution in [-0.2, 0) is 14.8 Å². The lowest BCUT2D eigenvalue weighted by molar-refractivity contribution is -0.117. The number of carbonyl (C=O) groups is 1. The van der Waals surface area contributed by atoms with Gasteiger partial charge in [-0.1, -0.05) is 24.3 Å². The largest absolute Gasteiger partial charge is 0.492 e. The molecular formula is C19H21N3O4S. The van der Waals surface area contributed by atoms with Gasteiger partial charge in [0.05, 0.1) is 18.0 Å². The smallest absolute Gasteiger partial charge is 0.247 e. The Morgan fingerprint density at radius 1 is 1.19 bits per heavy atom. The highest BCUT2D eigenvalue weighted by atomic mass is 32.2. The molecule has 2 atom stereocenters. The Morgan fingerprint density at radius 3 is 2.74 bits per heavy atom. The van der Waals surface area contributed by atoms with Crippen molar-refractivity contribution in [2.24, 2.45) is 0 Å². The molecule has 27 heavy (non-hydrogen) atoms. The van der Waals surface area contributed by atoms with Crippen molar-refractivity contribution < 1.29 is 17.9 Å². The van der Waals surface area contributed by atoms with Crippen LogP contribution in [0.25, 0.3) is 0 Å². The number of para-hydroxylation sites is 3. The first-order valence-corrected chi connectivity index (χ1v) is 10.4. The summed E-state index contributed by atoms with van der Waals surface area (Å²) in [5.74, 6) is 0.219. The van der Waals surface area contributed by atoms with Crippen LogP contribution in [0.5, 0.6) is 5.75 Å². The van der Waals surface area contributed by atoms with E-state index in [-0.39, 0.29) is 22.9 Å². The second kappa shape index (κ2) is 6.86. The van der Waals surface area contributed by atoms with Crippen molar-refractivity contribution in [2.45, 2.75) is 30.3 Å². The van der Waals surface area contributed by atoms with Crippen molar-refractivity contribution >= 4 is 27.3 Å². The molecule has 2 aliphatic heterocycles. The number of ether oxygens (including phenoxy) is 1. The van der Waals surface area contributed by atoms with E-state index < -0.39 is 10.0 Å². The molecule has 2 aliphatic rings.